The average Bonchev–Trinajstić information content (AvgIpc) is 2.57. The molecule has 2 aromatic rings. The minimum absolute atomic E-state index is 0.0338. The molecular formula is C21H27NO3. The number of carbonyl (C=O) groups excluding carboxylic acids is 1. The van der Waals surface area contributed by atoms with E-state index in [-0.39, 0.29) is 5.91 Å². The summed E-state index contributed by atoms with van der Waals surface area (Å²) < 4.78 is 11.2. The highest BCUT2D eigenvalue weighted by Gasteiger charge is 2.09. The summed E-state index contributed by atoms with van der Waals surface area (Å²) in [7, 11) is 0. The van der Waals surface area contributed by atoms with Gasteiger partial charge in [-0.15, -0.1) is 0 Å². The summed E-state index contributed by atoms with van der Waals surface area (Å²) in [5.41, 5.74) is 3.99. The quantitative estimate of drug-likeness (QED) is 0.787. The van der Waals surface area contributed by atoms with Crippen LogP contribution in [-0.2, 0) is 6.42 Å². The zero-order valence-corrected chi connectivity index (χ0v) is 15.5. The Morgan fingerprint density at radius 2 is 1.68 bits per heavy atom. The normalized spacial score (nSPS) is 10.4. The Morgan fingerprint density at radius 1 is 0.960 bits per heavy atom. The van der Waals surface area contributed by atoms with E-state index in [9.17, 15) is 4.79 Å². The number of rotatable bonds is 8. The van der Waals surface area contributed by atoms with Gasteiger partial charge in [0.05, 0.1) is 13.2 Å². The van der Waals surface area contributed by atoms with Crippen LogP contribution in [0.15, 0.2) is 36.4 Å². The standard InChI is InChI=1S/C21H27NO3/c1-5-24-19-10-8-17(14-20(19)25-6-2)11-12-22-21(23)18-9-7-15(3)13-16(18)4/h7-10,13-14H,5-6,11-12H2,1-4H3,(H,22,23). The molecule has 0 saturated heterocycles. The lowest BCUT2D eigenvalue weighted by molar-refractivity contribution is 0.0953. The van der Waals surface area contributed by atoms with Gasteiger partial charge in [0.1, 0.15) is 0 Å². The van der Waals surface area contributed by atoms with Crippen molar-refractivity contribution in [3.8, 4) is 11.5 Å². The maximum atomic E-state index is 12.3. The third-order valence-corrected chi connectivity index (χ3v) is 3.93. The molecule has 0 heterocycles. The maximum absolute atomic E-state index is 12.3. The van der Waals surface area contributed by atoms with Crippen molar-refractivity contribution in [1.82, 2.24) is 5.32 Å². The van der Waals surface area contributed by atoms with Crippen molar-refractivity contribution in [2.75, 3.05) is 19.8 Å². The summed E-state index contributed by atoms with van der Waals surface area (Å²) in [5, 5.41) is 2.99. The summed E-state index contributed by atoms with van der Waals surface area (Å²) in [6.45, 7) is 9.65. The molecule has 0 aliphatic rings. The summed E-state index contributed by atoms with van der Waals surface area (Å²) in [5.74, 6) is 1.48. The fraction of sp³-hybridized carbons (Fsp3) is 0.381. The lowest BCUT2D eigenvalue weighted by atomic mass is 10.1. The Balaban J connectivity index is 1.96. The Morgan fingerprint density at radius 3 is 2.36 bits per heavy atom. The monoisotopic (exact) mass is 341 g/mol. The van der Waals surface area contributed by atoms with Gasteiger partial charge >= 0.3 is 0 Å². The van der Waals surface area contributed by atoms with Crippen molar-refractivity contribution in [2.45, 2.75) is 34.1 Å². The largest absolute Gasteiger partial charge is 0.490 e. The Bertz CT molecular complexity index is 725. The predicted octanol–water partition coefficient (Wildman–Crippen LogP) is 4.07. The molecule has 0 spiro atoms. The number of hydrogen-bond donors (Lipinski definition) is 1. The molecule has 0 unspecified atom stereocenters. The third-order valence-electron chi connectivity index (χ3n) is 3.93. The van der Waals surface area contributed by atoms with Crippen LogP contribution in [0.1, 0.15) is 40.9 Å². The predicted molar refractivity (Wildman–Crippen MR) is 101 cm³/mol. The minimum Gasteiger partial charge on any atom is -0.490 e. The van der Waals surface area contributed by atoms with E-state index in [2.05, 4.69) is 5.32 Å². The number of nitrogens with one attached hydrogen (secondary N) is 1. The van der Waals surface area contributed by atoms with E-state index in [1.165, 1.54) is 0 Å². The molecule has 134 valence electrons. The lowest BCUT2D eigenvalue weighted by Gasteiger charge is -2.13. The van der Waals surface area contributed by atoms with Crippen molar-refractivity contribution < 1.29 is 14.3 Å². The van der Waals surface area contributed by atoms with Gasteiger partial charge in [-0.25, -0.2) is 0 Å². The summed E-state index contributed by atoms with van der Waals surface area (Å²) in [6, 6.07) is 11.8. The average molecular weight is 341 g/mol. The minimum atomic E-state index is -0.0338. The fourth-order valence-corrected chi connectivity index (χ4v) is 2.73. The Labute approximate surface area is 150 Å². The van der Waals surface area contributed by atoms with E-state index in [4.69, 9.17) is 9.47 Å². The molecule has 0 atom stereocenters. The Hall–Kier alpha value is -2.49. The molecule has 0 aliphatic carbocycles. The topological polar surface area (TPSA) is 47.6 Å². The van der Waals surface area contributed by atoms with Crippen LogP contribution in [0.2, 0.25) is 0 Å². The lowest BCUT2D eigenvalue weighted by Crippen LogP contribution is -2.26. The smallest absolute Gasteiger partial charge is 0.251 e. The SMILES string of the molecule is CCOc1ccc(CCNC(=O)c2ccc(C)cc2C)cc1OCC. The van der Waals surface area contributed by atoms with E-state index in [0.717, 1.165) is 40.2 Å². The van der Waals surface area contributed by atoms with Gasteiger partial charge in [0.2, 0.25) is 0 Å². The van der Waals surface area contributed by atoms with Gasteiger partial charge in [0, 0.05) is 12.1 Å². The van der Waals surface area contributed by atoms with E-state index >= 15 is 0 Å². The number of aryl methyl sites for hydroxylation is 2. The highest BCUT2D eigenvalue weighted by atomic mass is 16.5. The van der Waals surface area contributed by atoms with Crippen LogP contribution in [0.5, 0.6) is 11.5 Å². The number of amides is 1. The number of hydrogen-bond acceptors (Lipinski definition) is 3. The van der Waals surface area contributed by atoms with Crippen LogP contribution >= 0.6 is 0 Å². The first kappa shape index (κ1) is 18.8. The number of ether oxygens (including phenoxy) is 2. The van der Waals surface area contributed by atoms with Crippen LogP contribution in [0, 0.1) is 13.8 Å². The van der Waals surface area contributed by atoms with Gasteiger partial charge in [-0.05, 0) is 63.4 Å². The van der Waals surface area contributed by atoms with Crippen molar-refractivity contribution >= 4 is 5.91 Å². The van der Waals surface area contributed by atoms with Crippen LogP contribution < -0.4 is 14.8 Å². The fourth-order valence-electron chi connectivity index (χ4n) is 2.73. The highest BCUT2D eigenvalue weighted by molar-refractivity contribution is 5.95. The molecule has 0 aromatic heterocycles. The van der Waals surface area contributed by atoms with Crippen LogP contribution in [0.25, 0.3) is 0 Å². The molecule has 1 N–H and O–H groups in total. The highest BCUT2D eigenvalue weighted by Crippen LogP contribution is 2.28. The first-order valence-corrected chi connectivity index (χ1v) is 8.79. The van der Waals surface area contributed by atoms with Crippen molar-refractivity contribution in [3.63, 3.8) is 0 Å². The summed E-state index contributed by atoms with van der Waals surface area (Å²) in [4.78, 5) is 12.3. The number of benzene rings is 2. The van der Waals surface area contributed by atoms with Gasteiger partial charge in [-0.1, -0.05) is 23.8 Å². The molecule has 25 heavy (non-hydrogen) atoms. The van der Waals surface area contributed by atoms with Crippen molar-refractivity contribution in [3.05, 3.63) is 58.7 Å². The molecule has 4 heteroatoms. The summed E-state index contributed by atoms with van der Waals surface area (Å²) >= 11 is 0. The molecular weight excluding hydrogens is 314 g/mol. The van der Waals surface area contributed by atoms with Gasteiger partial charge in [-0.2, -0.15) is 0 Å². The first-order chi connectivity index (χ1) is 12.0. The van der Waals surface area contributed by atoms with Gasteiger partial charge in [0.25, 0.3) is 5.91 Å². The van der Waals surface area contributed by atoms with Crippen LogP contribution in [0.4, 0.5) is 0 Å². The van der Waals surface area contributed by atoms with E-state index in [0.29, 0.717) is 19.8 Å². The third kappa shape index (κ3) is 5.24. The summed E-state index contributed by atoms with van der Waals surface area (Å²) in [6.07, 6.45) is 0.739. The second-order valence-electron chi connectivity index (χ2n) is 5.97. The first-order valence-electron chi connectivity index (χ1n) is 8.79. The van der Waals surface area contributed by atoms with Crippen LogP contribution in [-0.4, -0.2) is 25.7 Å². The molecule has 1 amide bonds. The molecule has 0 saturated carbocycles. The zero-order valence-electron chi connectivity index (χ0n) is 15.5. The van der Waals surface area contributed by atoms with E-state index in [1.807, 2.05) is 64.1 Å². The second kappa shape index (κ2) is 9.11. The zero-order chi connectivity index (χ0) is 18.2. The van der Waals surface area contributed by atoms with E-state index in [1.54, 1.807) is 0 Å². The molecule has 0 aliphatic heterocycles. The maximum Gasteiger partial charge on any atom is 0.251 e. The molecule has 0 radical (unpaired) electrons. The molecule has 4 nitrogen and oxygen atoms in total. The van der Waals surface area contributed by atoms with Crippen molar-refractivity contribution in [2.24, 2.45) is 0 Å². The van der Waals surface area contributed by atoms with E-state index < -0.39 is 0 Å². The van der Waals surface area contributed by atoms with Gasteiger partial charge in [0.15, 0.2) is 11.5 Å². The molecule has 0 fully saturated rings. The number of carbonyl (C=O) groups is 1. The Kier molecular flexibility index (Phi) is 6.87. The second-order valence-corrected chi connectivity index (χ2v) is 5.97. The van der Waals surface area contributed by atoms with Crippen LogP contribution in [0.3, 0.4) is 0 Å². The molecule has 0 bridgehead atoms. The van der Waals surface area contributed by atoms with Gasteiger partial charge in [-0.3, -0.25) is 4.79 Å². The van der Waals surface area contributed by atoms with Gasteiger partial charge < -0.3 is 14.8 Å². The molecule has 2 rings (SSSR count). The van der Waals surface area contributed by atoms with Crippen molar-refractivity contribution in [1.29, 1.82) is 0 Å². The molecule has 2 aromatic carbocycles.